The zero-order chi connectivity index (χ0) is 14.1. The quantitative estimate of drug-likeness (QED) is 0.863. The van der Waals surface area contributed by atoms with Crippen LogP contribution in [0.25, 0.3) is 0 Å². The number of hydrogen-bond donors (Lipinski definition) is 1. The summed E-state index contributed by atoms with van der Waals surface area (Å²) in [4.78, 5) is 14.0. The zero-order valence-electron chi connectivity index (χ0n) is 12.0. The number of esters is 1. The maximum atomic E-state index is 11.6. The fraction of sp³-hybridized carbons (Fsp3) is 0.533. The summed E-state index contributed by atoms with van der Waals surface area (Å²) in [6, 6.07) is 5.34. The van der Waals surface area contributed by atoms with Crippen molar-refractivity contribution in [3.8, 4) is 0 Å². The number of ether oxygens (including phenoxy) is 1. The molecule has 4 nitrogen and oxygen atoms in total. The van der Waals surface area contributed by atoms with Crippen molar-refractivity contribution in [2.75, 3.05) is 33.3 Å². The van der Waals surface area contributed by atoms with Crippen molar-refractivity contribution in [2.24, 2.45) is 11.8 Å². The van der Waals surface area contributed by atoms with Gasteiger partial charge in [0, 0.05) is 24.7 Å². The number of rotatable bonds is 3. The predicted molar refractivity (Wildman–Crippen MR) is 85.2 cm³/mol. The SMILES string of the molecule is COC(=O)c1ccc(Cl)c(CN2C[C@H]3CNC[C@H]3C2)c1.Cl. The summed E-state index contributed by atoms with van der Waals surface area (Å²) < 4.78 is 4.76. The second-order valence-corrected chi connectivity index (χ2v) is 6.08. The summed E-state index contributed by atoms with van der Waals surface area (Å²) in [6.07, 6.45) is 0. The highest BCUT2D eigenvalue weighted by molar-refractivity contribution is 6.31. The Labute approximate surface area is 136 Å². The Hall–Kier alpha value is -0.810. The number of nitrogens with one attached hydrogen (secondary N) is 1. The molecule has 0 aromatic heterocycles. The van der Waals surface area contributed by atoms with Gasteiger partial charge in [0.05, 0.1) is 12.7 Å². The minimum absolute atomic E-state index is 0. The molecule has 2 saturated heterocycles. The Bertz CT molecular complexity index is 512. The fourth-order valence-electron chi connectivity index (χ4n) is 3.26. The molecular weight excluding hydrogens is 311 g/mol. The van der Waals surface area contributed by atoms with Crippen LogP contribution in [-0.2, 0) is 11.3 Å². The molecule has 2 atom stereocenters. The molecule has 2 heterocycles. The average molecular weight is 331 g/mol. The number of carbonyl (C=O) groups excluding carboxylic acids is 1. The first kappa shape index (κ1) is 16.6. The van der Waals surface area contributed by atoms with Gasteiger partial charge in [-0.15, -0.1) is 12.4 Å². The lowest BCUT2D eigenvalue weighted by Gasteiger charge is -2.18. The average Bonchev–Trinajstić information content (AvgIpc) is 3.01. The van der Waals surface area contributed by atoms with Gasteiger partial charge in [0.25, 0.3) is 0 Å². The van der Waals surface area contributed by atoms with Gasteiger partial charge in [0.15, 0.2) is 0 Å². The molecule has 0 saturated carbocycles. The van der Waals surface area contributed by atoms with E-state index in [0.717, 1.165) is 50.1 Å². The Balaban J connectivity index is 0.00000161. The van der Waals surface area contributed by atoms with Crippen molar-refractivity contribution in [2.45, 2.75) is 6.54 Å². The van der Waals surface area contributed by atoms with Gasteiger partial charge in [-0.2, -0.15) is 0 Å². The first-order valence-electron chi connectivity index (χ1n) is 6.97. The summed E-state index contributed by atoms with van der Waals surface area (Å²) in [7, 11) is 1.39. The van der Waals surface area contributed by atoms with Gasteiger partial charge in [-0.3, -0.25) is 4.90 Å². The van der Waals surface area contributed by atoms with Gasteiger partial charge in [-0.1, -0.05) is 11.6 Å². The van der Waals surface area contributed by atoms with Crippen LogP contribution in [0.2, 0.25) is 5.02 Å². The van der Waals surface area contributed by atoms with Gasteiger partial charge in [0.2, 0.25) is 0 Å². The third kappa shape index (κ3) is 3.51. The molecule has 6 heteroatoms. The van der Waals surface area contributed by atoms with Crippen molar-refractivity contribution in [1.29, 1.82) is 0 Å². The molecule has 2 aliphatic heterocycles. The molecule has 2 fully saturated rings. The van der Waals surface area contributed by atoms with E-state index < -0.39 is 0 Å². The minimum atomic E-state index is -0.314. The van der Waals surface area contributed by atoms with Gasteiger partial charge < -0.3 is 10.1 Å². The third-order valence-electron chi connectivity index (χ3n) is 4.33. The second kappa shape index (κ2) is 6.97. The van der Waals surface area contributed by atoms with Crippen molar-refractivity contribution in [3.63, 3.8) is 0 Å². The van der Waals surface area contributed by atoms with Gasteiger partial charge in [-0.25, -0.2) is 4.79 Å². The number of methoxy groups -OCH3 is 1. The van der Waals surface area contributed by atoms with Gasteiger partial charge in [0.1, 0.15) is 0 Å². The Morgan fingerprint density at radius 3 is 2.67 bits per heavy atom. The van der Waals surface area contributed by atoms with Crippen LogP contribution in [0.3, 0.4) is 0 Å². The van der Waals surface area contributed by atoms with E-state index in [1.807, 2.05) is 6.07 Å². The van der Waals surface area contributed by atoms with Crippen molar-refractivity contribution in [3.05, 3.63) is 34.3 Å². The Morgan fingerprint density at radius 1 is 1.38 bits per heavy atom. The van der Waals surface area contributed by atoms with Gasteiger partial charge >= 0.3 is 5.97 Å². The number of nitrogens with zero attached hydrogens (tertiary/aromatic N) is 1. The molecule has 116 valence electrons. The summed E-state index contributed by atoms with van der Waals surface area (Å²) in [5.41, 5.74) is 1.57. The monoisotopic (exact) mass is 330 g/mol. The van der Waals surface area contributed by atoms with E-state index in [1.165, 1.54) is 7.11 Å². The molecule has 0 radical (unpaired) electrons. The topological polar surface area (TPSA) is 41.6 Å². The molecule has 21 heavy (non-hydrogen) atoms. The fourth-order valence-corrected chi connectivity index (χ4v) is 3.44. The highest BCUT2D eigenvalue weighted by atomic mass is 35.5. The summed E-state index contributed by atoms with van der Waals surface area (Å²) in [6.45, 7) is 5.26. The minimum Gasteiger partial charge on any atom is -0.465 e. The molecule has 0 bridgehead atoms. The lowest BCUT2D eigenvalue weighted by molar-refractivity contribution is 0.0600. The highest BCUT2D eigenvalue weighted by Crippen LogP contribution is 2.29. The lowest BCUT2D eigenvalue weighted by Crippen LogP contribution is -2.25. The van der Waals surface area contributed by atoms with E-state index >= 15 is 0 Å². The zero-order valence-corrected chi connectivity index (χ0v) is 13.5. The summed E-state index contributed by atoms with van der Waals surface area (Å²) >= 11 is 6.25. The van der Waals surface area contributed by atoms with Crippen LogP contribution >= 0.6 is 24.0 Å². The molecular formula is C15H20Cl2N2O2. The maximum Gasteiger partial charge on any atom is 0.337 e. The Morgan fingerprint density at radius 2 is 2.05 bits per heavy atom. The van der Waals surface area contributed by atoms with E-state index in [9.17, 15) is 4.79 Å². The van der Waals surface area contributed by atoms with Crippen LogP contribution in [0.5, 0.6) is 0 Å². The predicted octanol–water partition coefficient (Wildman–Crippen LogP) is 2.20. The second-order valence-electron chi connectivity index (χ2n) is 5.67. The largest absolute Gasteiger partial charge is 0.465 e. The number of likely N-dealkylation sites (tertiary alicyclic amines) is 1. The van der Waals surface area contributed by atoms with Crippen LogP contribution < -0.4 is 5.32 Å². The van der Waals surface area contributed by atoms with Crippen LogP contribution in [0.15, 0.2) is 18.2 Å². The Kier molecular flexibility index (Phi) is 5.49. The van der Waals surface area contributed by atoms with E-state index in [1.54, 1.807) is 12.1 Å². The molecule has 3 rings (SSSR count). The number of carbonyl (C=O) groups is 1. The van der Waals surface area contributed by atoms with Crippen LogP contribution in [0.4, 0.5) is 0 Å². The molecule has 0 amide bonds. The molecule has 2 aliphatic rings. The van der Waals surface area contributed by atoms with Crippen molar-refractivity contribution >= 4 is 30.0 Å². The van der Waals surface area contributed by atoms with E-state index in [0.29, 0.717) is 10.6 Å². The van der Waals surface area contributed by atoms with E-state index in [-0.39, 0.29) is 18.4 Å². The van der Waals surface area contributed by atoms with Crippen LogP contribution in [0.1, 0.15) is 15.9 Å². The number of hydrogen-bond acceptors (Lipinski definition) is 4. The molecule has 1 aromatic rings. The maximum absolute atomic E-state index is 11.6. The molecule has 0 unspecified atom stereocenters. The molecule has 1 N–H and O–H groups in total. The van der Waals surface area contributed by atoms with E-state index in [2.05, 4.69) is 10.2 Å². The highest BCUT2D eigenvalue weighted by Gasteiger charge is 2.35. The van der Waals surface area contributed by atoms with Crippen molar-refractivity contribution in [1.82, 2.24) is 10.2 Å². The summed E-state index contributed by atoms with van der Waals surface area (Å²) in [5.74, 6) is 1.21. The van der Waals surface area contributed by atoms with E-state index in [4.69, 9.17) is 16.3 Å². The van der Waals surface area contributed by atoms with Crippen LogP contribution in [-0.4, -0.2) is 44.2 Å². The smallest absolute Gasteiger partial charge is 0.337 e. The van der Waals surface area contributed by atoms with Crippen molar-refractivity contribution < 1.29 is 9.53 Å². The number of halogens is 2. The molecule has 0 spiro atoms. The number of fused-ring (bicyclic) bond motifs is 1. The molecule has 1 aromatic carbocycles. The third-order valence-corrected chi connectivity index (χ3v) is 4.69. The summed E-state index contributed by atoms with van der Waals surface area (Å²) in [5, 5.41) is 4.15. The van der Waals surface area contributed by atoms with Gasteiger partial charge in [-0.05, 0) is 48.7 Å². The normalized spacial score (nSPS) is 24.5. The standard InChI is InChI=1S/C15H19ClN2O2.ClH/c1-20-15(19)10-2-3-14(16)11(4-10)7-18-8-12-5-17-6-13(12)9-18;/h2-4,12-13,17H,5-9H2,1H3;1H/t12-,13+;. The number of benzene rings is 1. The first-order chi connectivity index (χ1) is 9.67. The lowest BCUT2D eigenvalue weighted by atomic mass is 10.0. The first-order valence-corrected chi connectivity index (χ1v) is 7.35. The molecule has 0 aliphatic carbocycles. The van der Waals surface area contributed by atoms with Crippen LogP contribution in [0, 0.1) is 11.8 Å².